The van der Waals surface area contributed by atoms with Gasteiger partial charge in [-0.05, 0) is 61.3 Å². The topological polar surface area (TPSA) is 3.24 Å². The molecule has 1 aliphatic rings. The van der Waals surface area contributed by atoms with Gasteiger partial charge in [-0.15, -0.1) is 0 Å². The van der Waals surface area contributed by atoms with Gasteiger partial charge in [0.1, 0.15) is 0 Å². The molecule has 0 radical (unpaired) electrons. The van der Waals surface area contributed by atoms with Crippen molar-refractivity contribution in [3.8, 4) is 0 Å². The largest absolute Gasteiger partial charge is 0.372 e. The summed E-state index contributed by atoms with van der Waals surface area (Å²) in [5.74, 6) is 0. The van der Waals surface area contributed by atoms with E-state index in [0.29, 0.717) is 5.41 Å². The molecule has 0 amide bonds. The number of rotatable bonds is 3. The van der Waals surface area contributed by atoms with E-state index in [1.165, 1.54) is 55.6 Å². The molecule has 2 rings (SSSR count). The predicted octanol–water partition coefficient (Wildman–Crippen LogP) is 4.67. The molecule has 0 unspecified atom stereocenters. The highest BCUT2D eigenvalue weighted by atomic mass is 15.1. The van der Waals surface area contributed by atoms with Gasteiger partial charge in [0.15, 0.2) is 0 Å². The molecule has 1 heteroatoms. The van der Waals surface area contributed by atoms with Crippen molar-refractivity contribution in [1.29, 1.82) is 0 Å². The van der Waals surface area contributed by atoms with E-state index >= 15 is 0 Å². The number of piperidine rings is 1. The summed E-state index contributed by atoms with van der Waals surface area (Å²) in [6.45, 7) is 11.7. The van der Waals surface area contributed by atoms with Crippen LogP contribution in [0.5, 0.6) is 0 Å². The second kappa shape index (κ2) is 5.34. The summed E-state index contributed by atoms with van der Waals surface area (Å²) in [6.07, 6.45) is 5.29. The van der Waals surface area contributed by atoms with Crippen LogP contribution >= 0.6 is 0 Å². The maximum Gasteiger partial charge on any atom is 0.0369 e. The Morgan fingerprint density at radius 3 is 2.33 bits per heavy atom. The molecular formula is C17H27N. The van der Waals surface area contributed by atoms with Gasteiger partial charge in [-0.2, -0.15) is 0 Å². The predicted molar refractivity (Wildman–Crippen MR) is 80.6 cm³/mol. The van der Waals surface area contributed by atoms with Crippen molar-refractivity contribution in [3.63, 3.8) is 0 Å². The van der Waals surface area contributed by atoms with Crippen molar-refractivity contribution in [3.05, 3.63) is 29.3 Å². The average Bonchev–Trinajstić information content (AvgIpc) is 2.39. The van der Waals surface area contributed by atoms with E-state index in [9.17, 15) is 0 Å². The van der Waals surface area contributed by atoms with E-state index in [-0.39, 0.29) is 0 Å². The molecule has 0 N–H and O–H groups in total. The van der Waals surface area contributed by atoms with Crippen LogP contribution in [-0.2, 0) is 5.41 Å². The molecular weight excluding hydrogens is 218 g/mol. The first kappa shape index (κ1) is 13.5. The number of aryl methyl sites for hydroxylation is 1. The highest BCUT2D eigenvalue weighted by Crippen LogP contribution is 2.32. The average molecular weight is 245 g/mol. The van der Waals surface area contributed by atoms with Crippen molar-refractivity contribution in [1.82, 2.24) is 0 Å². The molecule has 0 atom stereocenters. The zero-order chi connectivity index (χ0) is 13.2. The minimum absolute atomic E-state index is 0.296. The molecule has 1 aromatic carbocycles. The second-order valence-corrected chi connectivity index (χ2v) is 6.28. The van der Waals surface area contributed by atoms with Gasteiger partial charge in [0, 0.05) is 18.8 Å². The van der Waals surface area contributed by atoms with Gasteiger partial charge < -0.3 is 4.90 Å². The maximum absolute atomic E-state index is 2.54. The van der Waals surface area contributed by atoms with Gasteiger partial charge in [-0.25, -0.2) is 0 Å². The quantitative estimate of drug-likeness (QED) is 0.748. The van der Waals surface area contributed by atoms with E-state index in [1.54, 1.807) is 0 Å². The standard InChI is InChI=1S/C17H27N/c1-5-17(3,4)16-10-9-15(13-14(16)2)18-11-7-6-8-12-18/h9-10,13H,5-8,11-12H2,1-4H3. The zero-order valence-electron chi connectivity index (χ0n) is 12.4. The SMILES string of the molecule is CCC(C)(C)c1ccc(N2CCCCC2)cc1C. The first-order valence-electron chi connectivity index (χ1n) is 7.40. The van der Waals surface area contributed by atoms with Crippen LogP contribution in [0.25, 0.3) is 0 Å². The van der Waals surface area contributed by atoms with Crippen molar-refractivity contribution >= 4 is 5.69 Å². The Morgan fingerprint density at radius 1 is 1.11 bits per heavy atom. The highest BCUT2D eigenvalue weighted by Gasteiger charge is 2.21. The van der Waals surface area contributed by atoms with Crippen LogP contribution in [0.4, 0.5) is 5.69 Å². The normalized spacial score (nSPS) is 17.0. The second-order valence-electron chi connectivity index (χ2n) is 6.28. The Labute approximate surface area is 112 Å². The summed E-state index contributed by atoms with van der Waals surface area (Å²) in [6, 6.07) is 7.06. The van der Waals surface area contributed by atoms with E-state index in [1.807, 2.05) is 0 Å². The van der Waals surface area contributed by atoms with E-state index < -0.39 is 0 Å². The number of anilines is 1. The summed E-state index contributed by atoms with van der Waals surface area (Å²) in [5, 5.41) is 0. The summed E-state index contributed by atoms with van der Waals surface area (Å²) >= 11 is 0. The van der Waals surface area contributed by atoms with Crippen LogP contribution in [0, 0.1) is 6.92 Å². The molecule has 1 saturated heterocycles. The molecule has 0 saturated carbocycles. The third-order valence-electron chi connectivity index (χ3n) is 4.54. The van der Waals surface area contributed by atoms with Gasteiger partial charge in [-0.1, -0.05) is 26.8 Å². The molecule has 1 nitrogen and oxygen atoms in total. The van der Waals surface area contributed by atoms with E-state index in [4.69, 9.17) is 0 Å². The monoisotopic (exact) mass is 245 g/mol. The fourth-order valence-electron chi connectivity index (χ4n) is 2.95. The number of nitrogens with zero attached hydrogens (tertiary/aromatic N) is 1. The highest BCUT2D eigenvalue weighted by molar-refractivity contribution is 5.52. The molecule has 0 spiro atoms. The molecule has 0 bridgehead atoms. The van der Waals surface area contributed by atoms with Crippen molar-refractivity contribution in [2.24, 2.45) is 0 Å². The summed E-state index contributed by atoms with van der Waals surface area (Å²) in [7, 11) is 0. The number of benzene rings is 1. The molecule has 1 heterocycles. The van der Waals surface area contributed by atoms with E-state index in [0.717, 1.165) is 0 Å². The lowest BCUT2D eigenvalue weighted by atomic mass is 9.80. The van der Waals surface area contributed by atoms with Gasteiger partial charge in [0.25, 0.3) is 0 Å². The van der Waals surface area contributed by atoms with Crippen molar-refractivity contribution in [2.45, 2.75) is 58.8 Å². The molecule has 18 heavy (non-hydrogen) atoms. The van der Waals surface area contributed by atoms with Crippen LogP contribution in [-0.4, -0.2) is 13.1 Å². The molecule has 1 fully saturated rings. The smallest absolute Gasteiger partial charge is 0.0369 e. The third-order valence-corrected chi connectivity index (χ3v) is 4.54. The first-order valence-corrected chi connectivity index (χ1v) is 7.40. The lowest BCUT2D eigenvalue weighted by Crippen LogP contribution is -2.29. The molecule has 0 aromatic heterocycles. The first-order chi connectivity index (χ1) is 8.54. The summed E-state index contributed by atoms with van der Waals surface area (Å²) < 4.78 is 0. The Kier molecular flexibility index (Phi) is 3.99. The summed E-state index contributed by atoms with van der Waals surface area (Å²) in [5.41, 5.74) is 4.67. The van der Waals surface area contributed by atoms with Crippen LogP contribution < -0.4 is 4.90 Å². The lowest BCUT2D eigenvalue weighted by Gasteiger charge is -2.31. The fourth-order valence-corrected chi connectivity index (χ4v) is 2.95. The fraction of sp³-hybridized carbons (Fsp3) is 0.647. The summed E-state index contributed by atoms with van der Waals surface area (Å²) in [4.78, 5) is 2.54. The maximum atomic E-state index is 2.54. The molecule has 0 aliphatic carbocycles. The number of hydrogen-bond donors (Lipinski definition) is 0. The van der Waals surface area contributed by atoms with Gasteiger partial charge in [0.05, 0.1) is 0 Å². The van der Waals surface area contributed by atoms with Gasteiger partial charge in [0.2, 0.25) is 0 Å². The molecule has 1 aliphatic heterocycles. The van der Waals surface area contributed by atoms with Crippen molar-refractivity contribution < 1.29 is 0 Å². The minimum atomic E-state index is 0.296. The zero-order valence-corrected chi connectivity index (χ0v) is 12.4. The molecule has 1 aromatic rings. The van der Waals surface area contributed by atoms with Crippen LogP contribution in [0.2, 0.25) is 0 Å². The van der Waals surface area contributed by atoms with Crippen LogP contribution in [0.1, 0.15) is 57.6 Å². The Bertz CT molecular complexity index is 400. The van der Waals surface area contributed by atoms with E-state index in [2.05, 4.69) is 50.8 Å². The third kappa shape index (κ3) is 2.71. The van der Waals surface area contributed by atoms with Crippen LogP contribution in [0.15, 0.2) is 18.2 Å². The Balaban J connectivity index is 2.24. The Morgan fingerprint density at radius 2 is 1.78 bits per heavy atom. The van der Waals surface area contributed by atoms with Gasteiger partial charge in [-0.3, -0.25) is 0 Å². The number of hydrogen-bond acceptors (Lipinski definition) is 1. The Hall–Kier alpha value is -0.980. The van der Waals surface area contributed by atoms with Gasteiger partial charge >= 0.3 is 0 Å². The lowest BCUT2D eigenvalue weighted by molar-refractivity contribution is 0.503. The van der Waals surface area contributed by atoms with Crippen molar-refractivity contribution in [2.75, 3.05) is 18.0 Å². The van der Waals surface area contributed by atoms with Crippen LogP contribution in [0.3, 0.4) is 0 Å². The minimum Gasteiger partial charge on any atom is -0.372 e. The molecule has 100 valence electrons.